The molecule has 4 amide bonds. The van der Waals surface area contributed by atoms with Crippen molar-refractivity contribution < 1.29 is 31.9 Å². The van der Waals surface area contributed by atoms with E-state index in [0.717, 1.165) is 25.0 Å². The molecule has 0 radical (unpaired) electrons. The largest absolute Gasteiger partial charge is 0.573 e. The van der Waals surface area contributed by atoms with E-state index in [9.17, 15) is 32.4 Å². The van der Waals surface area contributed by atoms with Crippen molar-refractivity contribution in [3.05, 3.63) is 29.6 Å². The van der Waals surface area contributed by atoms with E-state index in [1.165, 1.54) is 11.9 Å². The fourth-order valence-corrected chi connectivity index (χ4v) is 3.80. The van der Waals surface area contributed by atoms with Gasteiger partial charge in [0.2, 0.25) is 0 Å². The van der Waals surface area contributed by atoms with Gasteiger partial charge in [0.25, 0.3) is 0 Å². The van der Waals surface area contributed by atoms with Crippen LogP contribution in [0.2, 0.25) is 0 Å². The Morgan fingerprint density at radius 3 is 2.56 bits per heavy atom. The Labute approximate surface area is 182 Å². The minimum Gasteiger partial charge on any atom is -0.406 e. The number of carbonyl (C=O) groups is 2. The van der Waals surface area contributed by atoms with Gasteiger partial charge in [0.05, 0.1) is 18.0 Å². The fraction of sp³-hybridized carbons (Fsp3) is 0.550. The molecule has 2 N–H and O–H groups in total. The van der Waals surface area contributed by atoms with E-state index in [2.05, 4.69) is 21.4 Å². The molecule has 1 aliphatic carbocycles. The van der Waals surface area contributed by atoms with Gasteiger partial charge < -0.3 is 25.2 Å². The monoisotopic (exact) mass is 457 g/mol. The number of likely N-dealkylation sites (tertiary alicyclic amines) is 1. The highest BCUT2D eigenvalue weighted by atomic mass is 19.4. The van der Waals surface area contributed by atoms with Crippen molar-refractivity contribution in [2.75, 3.05) is 20.1 Å². The molecule has 2 fully saturated rings. The molecule has 32 heavy (non-hydrogen) atoms. The molecule has 174 valence electrons. The summed E-state index contributed by atoms with van der Waals surface area (Å²) in [5.74, 6) is -2.07. The predicted octanol–water partition coefficient (Wildman–Crippen LogP) is 2.95. The second-order valence-electron chi connectivity index (χ2n) is 7.77. The molecule has 1 saturated heterocycles. The van der Waals surface area contributed by atoms with Crippen LogP contribution in [0.4, 0.5) is 27.2 Å². The molecule has 1 aromatic carbocycles. The number of ether oxygens (including phenoxy) is 1. The van der Waals surface area contributed by atoms with Crippen LogP contribution in [0, 0.1) is 23.1 Å². The first-order chi connectivity index (χ1) is 15.1. The maximum atomic E-state index is 14.2. The molecule has 1 heterocycles. The summed E-state index contributed by atoms with van der Waals surface area (Å²) in [6, 6.07) is 3.59. The van der Waals surface area contributed by atoms with Crippen LogP contribution in [0.1, 0.15) is 24.8 Å². The zero-order valence-electron chi connectivity index (χ0n) is 17.3. The number of nitrogens with one attached hydrogen (secondary N) is 2. The maximum Gasteiger partial charge on any atom is 0.573 e. The Bertz CT molecular complexity index is 900. The number of halogens is 4. The summed E-state index contributed by atoms with van der Waals surface area (Å²) in [6.07, 6.45) is -2.97. The fourth-order valence-electron chi connectivity index (χ4n) is 3.80. The topological polar surface area (TPSA) is 97.7 Å². The number of nitrogens with zero attached hydrogens (tertiary/aromatic N) is 3. The van der Waals surface area contributed by atoms with E-state index in [1.54, 1.807) is 4.90 Å². The van der Waals surface area contributed by atoms with Crippen LogP contribution in [0.3, 0.4) is 0 Å². The second-order valence-corrected chi connectivity index (χ2v) is 7.77. The third-order valence-electron chi connectivity index (χ3n) is 5.37. The number of urea groups is 2. The van der Waals surface area contributed by atoms with Crippen LogP contribution >= 0.6 is 0 Å². The highest BCUT2D eigenvalue weighted by Gasteiger charge is 2.42. The lowest BCUT2D eigenvalue weighted by Crippen LogP contribution is -2.57. The van der Waals surface area contributed by atoms with Crippen LogP contribution in [-0.2, 0) is 6.54 Å². The van der Waals surface area contributed by atoms with Gasteiger partial charge in [-0.25, -0.2) is 14.0 Å². The van der Waals surface area contributed by atoms with Crippen molar-refractivity contribution >= 4 is 12.1 Å². The first-order valence-electron chi connectivity index (χ1n) is 10.1. The van der Waals surface area contributed by atoms with Gasteiger partial charge in [-0.3, -0.25) is 0 Å². The van der Waals surface area contributed by atoms with Crippen LogP contribution in [0.15, 0.2) is 18.2 Å². The number of amides is 4. The molecule has 1 aromatic rings. The Hall–Kier alpha value is -3.23. The van der Waals surface area contributed by atoms with Crippen LogP contribution in [0.5, 0.6) is 5.75 Å². The molecule has 0 aromatic heterocycles. The van der Waals surface area contributed by atoms with Crippen LogP contribution < -0.4 is 15.4 Å². The zero-order chi connectivity index (χ0) is 23.5. The molecule has 1 aliphatic heterocycles. The first-order valence-corrected chi connectivity index (χ1v) is 10.1. The van der Waals surface area contributed by atoms with E-state index >= 15 is 0 Å². The van der Waals surface area contributed by atoms with Crippen molar-refractivity contribution in [2.24, 2.45) is 5.92 Å². The number of benzene rings is 1. The summed E-state index contributed by atoms with van der Waals surface area (Å²) in [5, 5.41) is 14.5. The minimum atomic E-state index is -4.93. The number of carbonyl (C=O) groups excluding carboxylic acids is 2. The van der Waals surface area contributed by atoms with E-state index in [4.69, 9.17) is 0 Å². The molecular formula is C20H23F4N5O3. The minimum absolute atomic E-state index is 0.00541. The van der Waals surface area contributed by atoms with Gasteiger partial charge in [-0.1, -0.05) is 6.07 Å². The first kappa shape index (κ1) is 23.4. The Morgan fingerprint density at radius 1 is 1.28 bits per heavy atom. The lowest BCUT2D eigenvalue weighted by molar-refractivity contribution is -0.274. The SMILES string of the molecule is CNC(=O)N1C[C@@H](C#N)C[C@@H](N(C(=O)NCc2ccc(OC(F)(F)F)cc2F)C2CC2)C1. The number of alkyl halides is 3. The summed E-state index contributed by atoms with van der Waals surface area (Å²) < 4.78 is 54.7. The second kappa shape index (κ2) is 9.50. The average molecular weight is 457 g/mol. The summed E-state index contributed by atoms with van der Waals surface area (Å²) in [6.45, 7) is 0.289. The van der Waals surface area contributed by atoms with Gasteiger partial charge in [-0.15, -0.1) is 13.2 Å². The quantitative estimate of drug-likeness (QED) is 0.665. The molecule has 0 unspecified atom stereocenters. The predicted molar refractivity (Wildman–Crippen MR) is 104 cm³/mol. The molecule has 12 heteroatoms. The van der Waals surface area contributed by atoms with Gasteiger partial charge >= 0.3 is 18.4 Å². The Kier molecular flexibility index (Phi) is 6.96. The van der Waals surface area contributed by atoms with Gasteiger partial charge in [-0.2, -0.15) is 5.26 Å². The van der Waals surface area contributed by atoms with Crippen LogP contribution in [0.25, 0.3) is 0 Å². The number of nitriles is 1. The van der Waals surface area contributed by atoms with E-state index in [0.29, 0.717) is 12.5 Å². The number of hydrogen-bond acceptors (Lipinski definition) is 4. The standard InChI is InChI=1S/C20H23F4N5O3/c1-26-18(30)28-10-12(8-25)6-15(11-28)29(14-3-4-14)19(31)27-9-13-2-5-16(7-17(13)21)32-20(22,23)24/h2,5,7,12,14-15H,3-4,6,9-11H2,1H3,(H,26,30)(H,27,31)/t12-,15-/m1/s1. The highest BCUT2D eigenvalue weighted by Crippen LogP contribution is 2.33. The van der Waals surface area contributed by atoms with Gasteiger partial charge in [0, 0.05) is 44.4 Å². The number of piperidine rings is 1. The Balaban J connectivity index is 1.67. The average Bonchev–Trinajstić information content (AvgIpc) is 3.56. The highest BCUT2D eigenvalue weighted by molar-refractivity contribution is 5.76. The molecule has 2 aliphatic rings. The van der Waals surface area contributed by atoms with E-state index in [-0.39, 0.29) is 43.3 Å². The van der Waals surface area contributed by atoms with Crippen molar-refractivity contribution in [1.82, 2.24) is 20.4 Å². The smallest absolute Gasteiger partial charge is 0.406 e. The summed E-state index contributed by atoms with van der Waals surface area (Å²) in [5.41, 5.74) is -0.00541. The van der Waals surface area contributed by atoms with Crippen LogP contribution in [-0.4, -0.2) is 60.4 Å². The molecule has 8 nitrogen and oxygen atoms in total. The van der Waals surface area contributed by atoms with Crippen molar-refractivity contribution in [3.63, 3.8) is 0 Å². The molecule has 1 saturated carbocycles. The molecule has 2 atom stereocenters. The lowest BCUT2D eigenvalue weighted by Gasteiger charge is -2.41. The normalized spacial score (nSPS) is 20.8. The van der Waals surface area contributed by atoms with E-state index < -0.39 is 29.9 Å². The number of hydrogen-bond donors (Lipinski definition) is 2. The summed E-state index contributed by atoms with van der Waals surface area (Å²) in [7, 11) is 1.48. The number of rotatable bonds is 5. The van der Waals surface area contributed by atoms with Crippen molar-refractivity contribution in [1.29, 1.82) is 5.26 Å². The van der Waals surface area contributed by atoms with Gasteiger partial charge in [0.1, 0.15) is 11.6 Å². The molecular weight excluding hydrogens is 434 g/mol. The summed E-state index contributed by atoms with van der Waals surface area (Å²) in [4.78, 5) is 28.1. The third kappa shape index (κ3) is 5.93. The zero-order valence-corrected chi connectivity index (χ0v) is 17.3. The lowest BCUT2D eigenvalue weighted by atomic mass is 9.94. The summed E-state index contributed by atoms with van der Waals surface area (Å²) >= 11 is 0. The van der Waals surface area contributed by atoms with Gasteiger partial charge in [0.15, 0.2) is 0 Å². The van der Waals surface area contributed by atoms with Crippen molar-refractivity contribution in [3.8, 4) is 11.8 Å². The molecule has 0 spiro atoms. The van der Waals surface area contributed by atoms with Gasteiger partial charge in [-0.05, 0) is 25.3 Å². The Morgan fingerprint density at radius 2 is 2.00 bits per heavy atom. The van der Waals surface area contributed by atoms with Crippen molar-refractivity contribution in [2.45, 2.75) is 44.3 Å². The molecule has 0 bridgehead atoms. The third-order valence-corrected chi connectivity index (χ3v) is 5.37. The molecule has 3 rings (SSSR count). The maximum absolute atomic E-state index is 14.2. The van der Waals surface area contributed by atoms with E-state index in [1.807, 2.05) is 0 Å².